The first-order valence-electron chi connectivity index (χ1n) is 6.82. The number of halogens is 3. The first kappa shape index (κ1) is 15.3. The first-order valence-corrected chi connectivity index (χ1v) is 8.00. The lowest BCUT2D eigenvalue weighted by atomic mass is 9.88. The van der Waals surface area contributed by atoms with Crippen LogP contribution >= 0.6 is 27.5 Å². The molecule has 0 spiro atoms. The second-order valence-corrected chi connectivity index (χ2v) is 7.00. The molecule has 1 fully saturated rings. The second kappa shape index (κ2) is 6.55. The Morgan fingerprint density at radius 3 is 2.89 bits per heavy atom. The minimum atomic E-state index is -1.22. The maximum Gasteiger partial charge on any atom is 0.113 e. The fourth-order valence-electron chi connectivity index (χ4n) is 2.75. The normalized spacial score (nSPS) is 23.1. The molecule has 19 heavy (non-hydrogen) atoms. The van der Waals surface area contributed by atoms with Crippen LogP contribution in [0.25, 0.3) is 0 Å². The van der Waals surface area contributed by atoms with E-state index in [4.69, 9.17) is 11.6 Å². The van der Waals surface area contributed by atoms with Crippen molar-refractivity contribution >= 4 is 27.5 Å². The van der Waals surface area contributed by atoms with Crippen LogP contribution in [0.3, 0.4) is 0 Å². The third-order valence-corrected chi connectivity index (χ3v) is 4.50. The van der Waals surface area contributed by atoms with Crippen LogP contribution in [-0.2, 0) is 6.42 Å². The zero-order chi connectivity index (χ0) is 13.9. The minimum absolute atomic E-state index is 0.304. The number of hydrogen-bond acceptors (Lipinski definition) is 1. The third kappa shape index (κ3) is 4.73. The van der Waals surface area contributed by atoms with Gasteiger partial charge in [0, 0.05) is 22.0 Å². The van der Waals surface area contributed by atoms with Crippen LogP contribution in [-0.4, -0.2) is 18.3 Å². The van der Waals surface area contributed by atoms with Crippen molar-refractivity contribution in [3.63, 3.8) is 0 Å². The predicted molar refractivity (Wildman–Crippen MR) is 82.6 cm³/mol. The summed E-state index contributed by atoms with van der Waals surface area (Å²) in [6.45, 7) is 2.70. The standard InChI is InChI=1S/C15H20BrClFN/c1-15(18,10-13-4-2-3-7-19-13)9-11-5-6-12(16)8-14(11)17/h5-6,8,13,19H,2-4,7,9-10H2,1H3. The average Bonchev–Trinajstić information content (AvgIpc) is 2.33. The van der Waals surface area contributed by atoms with Crippen molar-refractivity contribution < 1.29 is 4.39 Å². The lowest BCUT2D eigenvalue weighted by molar-refractivity contribution is 0.146. The number of rotatable bonds is 4. The fraction of sp³-hybridized carbons (Fsp3) is 0.600. The van der Waals surface area contributed by atoms with Gasteiger partial charge in [0.15, 0.2) is 0 Å². The monoisotopic (exact) mass is 347 g/mol. The summed E-state index contributed by atoms with van der Waals surface area (Å²) in [6, 6.07) is 5.94. The Bertz CT molecular complexity index is 430. The number of piperidine rings is 1. The Morgan fingerprint density at radius 1 is 1.47 bits per heavy atom. The van der Waals surface area contributed by atoms with Crippen molar-refractivity contribution in [1.29, 1.82) is 0 Å². The molecule has 0 bridgehead atoms. The maximum absolute atomic E-state index is 14.7. The molecule has 1 aliphatic rings. The Hall–Kier alpha value is -0.120. The molecule has 0 amide bonds. The smallest absolute Gasteiger partial charge is 0.113 e. The van der Waals surface area contributed by atoms with Gasteiger partial charge in [-0.15, -0.1) is 0 Å². The van der Waals surface area contributed by atoms with E-state index in [-0.39, 0.29) is 0 Å². The van der Waals surface area contributed by atoms with E-state index in [1.807, 2.05) is 18.2 Å². The predicted octanol–water partition coefficient (Wildman–Crippen LogP) is 4.91. The van der Waals surface area contributed by atoms with E-state index in [0.29, 0.717) is 23.9 Å². The highest BCUT2D eigenvalue weighted by molar-refractivity contribution is 9.10. The average molecular weight is 349 g/mol. The summed E-state index contributed by atoms with van der Waals surface area (Å²) < 4.78 is 15.7. The van der Waals surface area contributed by atoms with Gasteiger partial charge in [-0.3, -0.25) is 0 Å². The van der Waals surface area contributed by atoms with E-state index >= 15 is 0 Å². The Labute approximate surface area is 128 Å². The quantitative estimate of drug-likeness (QED) is 0.815. The van der Waals surface area contributed by atoms with Gasteiger partial charge in [-0.05, 0) is 50.4 Å². The largest absolute Gasteiger partial charge is 0.314 e. The molecule has 106 valence electrons. The summed E-state index contributed by atoms with van der Waals surface area (Å²) in [5.74, 6) is 0. The highest BCUT2D eigenvalue weighted by Gasteiger charge is 2.29. The molecule has 1 heterocycles. The number of hydrogen-bond donors (Lipinski definition) is 1. The number of benzene rings is 1. The molecule has 0 saturated carbocycles. The topological polar surface area (TPSA) is 12.0 Å². The number of alkyl halides is 1. The molecule has 1 aromatic rings. The molecule has 2 rings (SSSR count). The van der Waals surface area contributed by atoms with E-state index in [1.54, 1.807) is 6.92 Å². The highest BCUT2D eigenvalue weighted by Crippen LogP contribution is 2.30. The summed E-state index contributed by atoms with van der Waals surface area (Å²) in [6.07, 6.45) is 4.41. The molecule has 1 saturated heterocycles. The van der Waals surface area contributed by atoms with Gasteiger partial charge in [-0.1, -0.05) is 40.0 Å². The molecular formula is C15H20BrClFN. The lowest BCUT2D eigenvalue weighted by Crippen LogP contribution is -2.40. The van der Waals surface area contributed by atoms with Crippen molar-refractivity contribution in [2.24, 2.45) is 0 Å². The molecule has 0 aromatic heterocycles. The summed E-state index contributed by atoms with van der Waals surface area (Å²) in [5, 5.41) is 4.04. The van der Waals surface area contributed by atoms with Gasteiger partial charge in [-0.2, -0.15) is 0 Å². The molecule has 1 N–H and O–H groups in total. The van der Waals surface area contributed by atoms with Gasteiger partial charge in [0.1, 0.15) is 5.67 Å². The van der Waals surface area contributed by atoms with Crippen LogP contribution in [0.4, 0.5) is 4.39 Å². The van der Waals surface area contributed by atoms with Gasteiger partial charge in [0.05, 0.1) is 0 Å². The molecule has 1 aromatic carbocycles. The molecule has 2 atom stereocenters. The van der Waals surface area contributed by atoms with E-state index in [0.717, 1.165) is 23.0 Å². The van der Waals surface area contributed by atoms with E-state index in [2.05, 4.69) is 21.2 Å². The summed E-state index contributed by atoms with van der Waals surface area (Å²) in [4.78, 5) is 0. The van der Waals surface area contributed by atoms with Crippen molar-refractivity contribution in [2.75, 3.05) is 6.54 Å². The zero-order valence-corrected chi connectivity index (χ0v) is 13.5. The fourth-order valence-corrected chi connectivity index (χ4v) is 3.49. The molecular weight excluding hydrogens is 329 g/mol. The summed E-state index contributed by atoms with van der Waals surface area (Å²) >= 11 is 9.53. The summed E-state index contributed by atoms with van der Waals surface area (Å²) in [7, 11) is 0. The lowest BCUT2D eigenvalue weighted by Gasteiger charge is -2.30. The highest BCUT2D eigenvalue weighted by atomic mass is 79.9. The number of nitrogens with one attached hydrogen (secondary N) is 1. The van der Waals surface area contributed by atoms with Crippen molar-refractivity contribution in [1.82, 2.24) is 5.32 Å². The van der Waals surface area contributed by atoms with Gasteiger partial charge in [0.2, 0.25) is 0 Å². The van der Waals surface area contributed by atoms with E-state index in [1.165, 1.54) is 12.8 Å². The first-order chi connectivity index (χ1) is 8.96. The van der Waals surface area contributed by atoms with E-state index < -0.39 is 5.67 Å². The summed E-state index contributed by atoms with van der Waals surface area (Å²) in [5.41, 5.74) is -0.336. The SMILES string of the molecule is CC(F)(Cc1ccc(Br)cc1Cl)CC1CCCCN1. The van der Waals surface area contributed by atoms with Crippen LogP contribution in [0.2, 0.25) is 5.02 Å². The third-order valence-electron chi connectivity index (χ3n) is 3.66. The molecule has 1 aliphatic heterocycles. The second-order valence-electron chi connectivity index (χ2n) is 5.68. The molecule has 0 radical (unpaired) electrons. The van der Waals surface area contributed by atoms with Crippen molar-refractivity contribution in [3.8, 4) is 0 Å². The zero-order valence-electron chi connectivity index (χ0n) is 11.2. The molecule has 4 heteroatoms. The maximum atomic E-state index is 14.7. The van der Waals surface area contributed by atoms with Crippen LogP contribution in [0.1, 0.15) is 38.2 Å². The van der Waals surface area contributed by atoms with Gasteiger partial charge in [-0.25, -0.2) is 4.39 Å². The van der Waals surface area contributed by atoms with Crippen LogP contribution in [0.15, 0.2) is 22.7 Å². The van der Waals surface area contributed by atoms with Gasteiger partial charge >= 0.3 is 0 Å². The Morgan fingerprint density at radius 2 is 2.26 bits per heavy atom. The Kier molecular flexibility index (Phi) is 5.27. The van der Waals surface area contributed by atoms with E-state index in [9.17, 15) is 4.39 Å². The molecule has 0 aliphatic carbocycles. The molecule has 2 unspecified atom stereocenters. The van der Waals surface area contributed by atoms with Crippen LogP contribution in [0, 0.1) is 0 Å². The minimum Gasteiger partial charge on any atom is -0.314 e. The van der Waals surface area contributed by atoms with Gasteiger partial charge in [0.25, 0.3) is 0 Å². The van der Waals surface area contributed by atoms with Crippen molar-refractivity contribution in [2.45, 2.75) is 50.7 Å². The van der Waals surface area contributed by atoms with Gasteiger partial charge < -0.3 is 5.32 Å². The van der Waals surface area contributed by atoms with Crippen LogP contribution < -0.4 is 5.32 Å². The molecule has 1 nitrogen and oxygen atoms in total. The van der Waals surface area contributed by atoms with Crippen molar-refractivity contribution in [3.05, 3.63) is 33.3 Å². The van der Waals surface area contributed by atoms with Crippen LogP contribution in [0.5, 0.6) is 0 Å². The Balaban J connectivity index is 1.99.